The van der Waals surface area contributed by atoms with Crippen molar-refractivity contribution in [3.8, 4) is 0 Å². The molecule has 39 heteroatoms. The Morgan fingerprint density at radius 1 is 0.391 bits per heavy atom. The Morgan fingerprint density at radius 3 is 0.991 bits per heavy atom. The van der Waals surface area contributed by atoms with Crippen LogP contribution in [0.15, 0.2) is 93.0 Å². The van der Waals surface area contributed by atoms with E-state index in [-0.39, 0.29) is 57.8 Å². The highest BCUT2D eigenvalue weighted by Gasteiger charge is 2.49. The third-order valence-corrected chi connectivity index (χ3v) is 30.9. The first-order valence-electron chi connectivity index (χ1n) is 37.8. The maximum absolute atomic E-state index is 14.6. The molecule has 30 nitrogen and oxygen atoms in total. The molecule has 15 rings (SSSR count). The summed E-state index contributed by atoms with van der Waals surface area (Å²) in [6.45, 7) is 17.9. The van der Waals surface area contributed by atoms with Crippen molar-refractivity contribution >= 4 is 200 Å². The van der Waals surface area contributed by atoms with Crippen LogP contribution in [0.4, 0.5) is 32.8 Å². The minimum absolute atomic E-state index is 0.0353. The number of aliphatic hydroxyl groups is 5. The maximum Gasteiger partial charge on any atom is 0.173 e. The lowest BCUT2D eigenvalue weighted by Crippen LogP contribution is -2.29. The molecule has 5 aliphatic heterocycles. The van der Waals surface area contributed by atoms with Crippen LogP contribution in [0, 0.1) is 5.92 Å². The topological polar surface area (TPSA) is 431 Å². The highest BCUT2D eigenvalue weighted by molar-refractivity contribution is 14.1. The van der Waals surface area contributed by atoms with Gasteiger partial charge in [-0.1, -0.05) is 45.4 Å². The monoisotopic (exact) mass is 1880 g/mol. The fraction of sp³-hybridized carbons (Fsp3) is 0.539. The van der Waals surface area contributed by atoms with E-state index in [1.54, 1.807) is 91.2 Å². The number of anilines is 5. The second-order valence-corrected chi connectivity index (χ2v) is 58.4. The molecule has 20 atom stereocenters. The van der Waals surface area contributed by atoms with Gasteiger partial charge in [0, 0.05) is 36.9 Å². The third-order valence-electron chi connectivity index (χ3n) is 20.8. The van der Waals surface area contributed by atoms with Gasteiger partial charge in [0.1, 0.15) is 51.4 Å². The first-order chi connectivity index (χ1) is 53.9. The Balaban J connectivity index is 0.000000142. The average Bonchev–Trinajstić information content (AvgIpc) is 1.65. The first-order valence-corrected chi connectivity index (χ1v) is 55.7. The van der Waals surface area contributed by atoms with E-state index in [1.165, 1.54) is 10.9 Å². The molecule has 115 heavy (non-hydrogen) atoms. The van der Waals surface area contributed by atoms with E-state index in [9.17, 15) is 29.9 Å². The molecular formula is C76H113BrClFIN20O10P5. The molecule has 10 aromatic rings. The van der Waals surface area contributed by atoms with Crippen LogP contribution in [0.3, 0.4) is 0 Å². The van der Waals surface area contributed by atoms with Gasteiger partial charge in [-0.05, 0) is 160 Å². The van der Waals surface area contributed by atoms with Crippen molar-refractivity contribution in [3.63, 3.8) is 0 Å². The smallest absolute Gasteiger partial charge is 0.173 e. The second-order valence-electron chi connectivity index (χ2n) is 33.8. The average molecular weight is 1880 g/mol. The number of nitrogens with two attached hydrogens (primary N) is 5. The van der Waals surface area contributed by atoms with Crippen LogP contribution in [-0.2, 0) is 23.7 Å². The standard InChI is InChI=1S/C16H25N4O2P.C15H22BrN4O2P.C15H22ClN4O2P.C15H22FN4O2P.C15H22IN4O2P/c1-10-14(21)12(6-8-23(2,3)4)22-16(10)20-9-19-13-11(17)5-7-18-15(13)20;4*1-23(2,3)7-5-10-13(21)11(16)15(22-10)20-8-19-12-9(17)4-6-18-14(12)20/h5,7,9-10,12,14,16,21H,2,6,8H2,1,3-4H3,(H2,17,18);4*4,6,8,10-11,13,15,21H,1,5,7H2,2-3H3,(H2,17,18)/t10-,12-,14+,16-;4*10-,11-,13-,15-/m11111/s1. The molecule has 0 unspecified atom stereocenters. The largest absolute Gasteiger partial charge is 0.397 e. The van der Waals surface area contributed by atoms with E-state index in [1.807, 2.05) is 20.6 Å². The van der Waals surface area contributed by atoms with Gasteiger partial charge in [0.25, 0.3) is 0 Å². The number of alkyl halides is 4. The van der Waals surface area contributed by atoms with Crippen LogP contribution >= 0.6 is 84.6 Å². The zero-order valence-electron chi connectivity index (χ0n) is 66.9. The van der Waals surface area contributed by atoms with Crippen molar-refractivity contribution in [2.75, 3.05) is 126 Å². The summed E-state index contributed by atoms with van der Waals surface area (Å²) in [5, 5.41) is 51.6. The molecule has 15 N–H and O–H groups in total. The summed E-state index contributed by atoms with van der Waals surface area (Å²) in [4.78, 5) is 42.8. The fourth-order valence-electron chi connectivity index (χ4n) is 14.2. The predicted molar refractivity (Wildman–Crippen MR) is 490 cm³/mol. The maximum atomic E-state index is 14.6. The summed E-state index contributed by atoms with van der Waals surface area (Å²) in [7, 11) is 0. The van der Waals surface area contributed by atoms with Gasteiger partial charge in [0.2, 0.25) is 0 Å². The molecule has 0 spiro atoms. The lowest BCUT2D eigenvalue weighted by Gasteiger charge is -2.19. The van der Waals surface area contributed by atoms with Gasteiger partial charge in [-0.15, -0.1) is 77.5 Å². The van der Waals surface area contributed by atoms with Crippen molar-refractivity contribution in [3.05, 3.63) is 93.0 Å². The van der Waals surface area contributed by atoms with E-state index >= 15 is 0 Å². The third kappa shape index (κ3) is 21.5. The van der Waals surface area contributed by atoms with Crippen LogP contribution in [0.2, 0.25) is 0 Å². The number of ether oxygens (including phenoxy) is 5. The normalized spacial score (nSPS) is 28.5. The number of nitrogens with zero attached hydrogens (tertiary/aromatic N) is 15. The molecule has 630 valence electrons. The Bertz CT molecular complexity index is 4540. The van der Waals surface area contributed by atoms with Crippen LogP contribution in [0.25, 0.3) is 55.8 Å². The number of halogens is 4. The zero-order chi connectivity index (χ0) is 83.9. The van der Waals surface area contributed by atoms with E-state index < -0.39 is 95.1 Å². The summed E-state index contributed by atoms with van der Waals surface area (Å²) in [5.41, 5.74) is 38.6. The zero-order valence-corrected chi connectivity index (χ0v) is 75.9. The van der Waals surface area contributed by atoms with Crippen molar-refractivity contribution in [1.82, 2.24) is 72.7 Å². The van der Waals surface area contributed by atoms with E-state index in [0.29, 0.717) is 90.7 Å². The molecule has 0 saturated carbocycles. The summed E-state index contributed by atoms with van der Waals surface area (Å²) < 4.78 is 53.5. The minimum atomic E-state index is -1.54. The van der Waals surface area contributed by atoms with E-state index in [4.69, 9.17) is 64.0 Å². The number of pyridine rings is 5. The molecule has 15 heterocycles. The van der Waals surface area contributed by atoms with Crippen molar-refractivity contribution in [1.29, 1.82) is 0 Å². The number of hydrogen-bond acceptors (Lipinski definition) is 25. The Labute approximate surface area is 698 Å². The molecule has 0 radical (unpaired) electrons. The van der Waals surface area contributed by atoms with Crippen LogP contribution in [0.5, 0.6) is 0 Å². The van der Waals surface area contributed by atoms with Gasteiger partial charge < -0.3 is 77.9 Å². The summed E-state index contributed by atoms with van der Waals surface area (Å²) >= 11 is 12.2. The van der Waals surface area contributed by atoms with Gasteiger partial charge in [0.15, 0.2) is 59.3 Å². The quantitative estimate of drug-likeness (QED) is 0.0193. The van der Waals surface area contributed by atoms with Gasteiger partial charge in [-0.2, -0.15) is 0 Å². The number of nitrogen functional groups attached to an aromatic ring is 5. The number of imidazole rings is 5. The van der Waals surface area contributed by atoms with Crippen LogP contribution in [0.1, 0.15) is 70.2 Å². The van der Waals surface area contributed by atoms with Gasteiger partial charge >= 0.3 is 0 Å². The molecule has 5 saturated heterocycles. The second kappa shape index (κ2) is 36.9. The lowest BCUT2D eigenvalue weighted by molar-refractivity contribution is -0.0234. The predicted octanol–water partition coefficient (Wildman–Crippen LogP) is 10.0. The number of hydrogen-bond donors (Lipinski definition) is 10. The summed E-state index contributed by atoms with van der Waals surface area (Å²) in [6.07, 6.45) is 37.0. The molecular weight excluding hydrogens is 1770 g/mol. The number of rotatable bonds is 20. The van der Waals surface area contributed by atoms with Crippen LogP contribution < -0.4 is 28.7 Å². The summed E-state index contributed by atoms with van der Waals surface area (Å²) in [6, 6.07) is 8.52. The molecule has 0 bridgehead atoms. The number of aliphatic hydroxyl groups excluding tert-OH is 5. The Hall–Kier alpha value is -5.37. The van der Waals surface area contributed by atoms with Crippen molar-refractivity contribution in [2.24, 2.45) is 5.92 Å². The molecule has 5 fully saturated rings. The van der Waals surface area contributed by atoms with Crippen molar-refractivity contribution < 1.29 is 53.6 Å². The Morgan fingerprint density at radius 2 is 0.643 bits per heavy atom. The van der Waals surface area contributed by atoms with Crippen molar-refractivity contribution in [2.45, 2.75) is 152 Å². The molecule has 10 aromatic heterocycles. The van der Waals surface area contributed by atoms with Gasteiger partial charge in [-0.25, -0.2) is 54.2 Å². The first kappa shape index (κ1) is 90.4. The molecule has 0 aliphatic carbocycles. The SMILES string of the molecule is C=P(C)(C)CC[C@H]1O[C@@H](n2cnc3c(N)ccnc32)[C@H](Br)[C@@H]1O.C=P(C)(C)CC[C@H]1O[C@@H](n2cnc3c(N)ccnc32)[C@H](C)[C@@H]1O.C=P(C)(C)CC[C@H]1O[C@@H](n2cnc3c(N)ccnc32)[C@H](Cl)[C@@H]1O.C=P(C)(C)CC[C@H]1O[C@@H](n2cnc3c(N)ccnc32)[C@H](F)[C@@H]1O.C=P(C)(C)CC[C@H]1O[C@@H](n2cnc3c(N)ccnc32)[C@H](I)[C@@H]1O. The Kier molecular flexibility index (Phi) is 29.0. The number of aromatic nitrogens is 15. The molecule has 0 aromatic carbocycles. The lowest BCUT2D eigenvalue weighted by atomic mass is 10.0. The minimum Gasteiger partial charge on any atom is -0.397 e. The molecule has 0 amide bonds. The highest BCUT2D eigenvalue weighted by Crippen LogP contribution is 2.48. The van der Waals surface area contributed by atoms with Gasteiger partial charge in [0.05, 0.1) is 118 Å². The van der Waals surface area contributed by atoms with Crippen LogP contribution in [-0.4, -0.2) is 309 Å². The van der Waals surface area contributed by atoms with E-state index in [0.717, 1.165) is 56.5 Å². The molecule has 5 aliphatic rings. The van der Waals surface area contributed by atoms with Gasteiger partial charge in [-0.3, -0.25) is 22.8 Å². The number of fused-ring (bicyclic) bond motifs is 5. The fourth-order valence-corrected chi connectivity index (χ4v) is 21.0. The summed E-state index contributed by atoms with van der Waals surface area (Å²) in [5.74, 6) is -0.0353. The highest BCUT2D eigenvalue weighted by atomic mass is 127. The van der Waals surface area contributed by atoms with E-state index in [2.05, 4.69) is 187 Å².